The van der Waals surface area contributed by atoms with Crippen molar-refractivity contribution < 1.29 is 8.98 Å². The number of fused-ring (bicyclic) bond motifs is 7. The first kappa shape index (κ1) is 15.6. The summed E-state index contributed by atoms with van der Waals surface area (Å²) in [6, 6.07) is 17.7. The Balaban J connectivity index is 1.91. The summed E-state index contributed by atoms with van der Waals surface area (Å²) in [5.74, 6) is 0.409. The molecule has 0 radical (unpaired) electrons. The Hall–Kier alpha value is -2.65. The van der Waals surface area contributed by atoms with Crippen LogP contribution in [0.4, 0.5) is 0 Å². The van der Waals surface area contributed by atoms with E-state index in [-0.39, 0.29) is 0 Å². The van der Waals surface area contributed by atoms with Crippen molar-refractivity contribution in [3.05, 3.63) is 65.9 Å². The Morgan fingerprint density at radius 1 is 1.04 bits per heavy atom. The quantitative estimate of drug-likeness (QED) is 0.533. The lowest BCUT2D eigenvalue weighted by Crippen LogP contribution is -2.48. The number of nitrogens with zero attached hydrogens (tertiary/aromatic N) is 1. The molecule has 2 unspecified atom stereocenters. The molecule has 26 heavy (non-hydrogen) atoms. The molecule has 1 N–H and O–H groups in total. The van der Waals surface area contributed by atoms with Gasteiger partial charge in [-0.2, -0.15) is 4.57 Å². The number of rotatable bonds is 2. The van der Waals surface area contributed by atoms with E-state index in [2.05, 4.69) is 72.4 Å². The van der Waals surface area contributed by atoms with Crippen molar-refractivity contribution in [2.24, 2.45) is 0 Å². The maximum Gasteiger partial charge on any atom is 0.216 e. The van der Waals surface area contributed by atoms with Gasteiger partial charge >= 0.3 is 0 Å². The molecule has 3 nitrogen and oxygen atoms in total. The molecule has 0 amide bonds. The van der Waals surface area contributed by atoms with Gasteiger partial charge in [-0.25, -0.2) is 0 Å². The predicted octanol–water partition coefficient (Wildman–Crippen LogP) is 4.73. The predicted molar refractivity (Wildman–Crippen MR) is 105 cm³/mol. The molecular formula is C23H23N2O+. The maximum absolute atomic E-state index is 6.37. The van der Waals surface area contributed by atoms with Crippen LogP contribution in [0.15, 0.2) is 59.1 Å². The minimum atomic E-state index is 0.395. The molecule has 2 aromatic carbocycles. The Kier molecular flexibility index (Phi) is 3.41. The van der Waals surface area contributed by atoms with Gasteiger partial charge in [-0.05, 0) is 38.6 Å². The largest absolute Gasteiger partial charge is 0.455 e. The van der Waals surface area contributed by atoms with Gasteiger partial charge in [0, 0.05) is 28.9 Å². The summed E-state index contributed by atoms with van der Waals surface area (Å²) in [5, 5.41) is 5.77. The van der Waals surface area contributed by atoms with Gasteiger partial charge in [0.1, 0.15) is 11.2 Å². The van der Waals surface area contributed by atoms with Gasteiger partial charge in [0.15, 0.2) is 12.2 Å². The van der Waals surface area contributed by atoms with E-state index >= 15 is 0 Å². The van der Waals surface area contributed by atoms with Crippen molar-refractivity contribution in [1.29, 1.82) is 0 Å². The molecule has 2 aromatic heterocycles. The number of likely N-dealkylation sites (N-methyl/N-ethyl adjacent to an activating group) is 1. The molecule has 0 spiro atoms. The fraction of sp³-hybridized carbons (Fsp3) is 0.261. The third kappa shape index (κ3) is 2.07. The number of pyridine rings is 1. The van der Waals surface area contributed by atoms with E-state index in [0.29, 0.717) is 12.0 Å². The number of hydrogen-bond donors (Lipinski definition) is 1. The van der Waals surface area contributed by atoms with Crippen LogP contribution in [0.5, 0.6) is 0 Å². The van der Waals surface area contributed by atoms with Crippen molar-refractivity contribution in [3.8, 4) is 11.3 Å². The van der Waals surface area contributed by atoms with Crippen LogP contribution < -0.4 is 9.88 Å². The summed E-state index contributed by atoms with van der Waals surface area (Å²) >= 11 is 0. The summed E-state index contributed by atoms with van der Waals surface area (Å²) < 4.78 is 8.79. The second-order valence-corrected chi connectivity index (χ2v) is 7.41. The highest BCUT2D eigenvalue weighted by molar-refractivity contribution is 6.09. The van der Waals surface area contributed by atoms with Gasteiger partial charge in [-0.1, -0.05) is 30.3 Å². The van der Waals surface area contributed by atoms with E-state index in [1.54, 1.807) is 0 Å². The first-order chi connectivity index (χ1) is 12.7. The van der Waals surface area contributed by atoms with Crippen LogP contribution >= 0.6 is 0 Å². The molecule has 0 aliphatic carbocycles. The number of para-hydroxylation sites is 1. The van der Waals surface area contributed by atoms with Gasteiger partial charge in [-0.3, -0.25) is 0 Å². The number of benzene rings is 2. The Bertz CT molecular complexity index is 1140. The third-order valence-electron chi connectivity index (χ3n) is 5.80. The molecule has 4 aromatic rings. The van der Waals surface area contributed by atoms with Crippen molar-refractivity contribution in [2.75, 3.05) is 13.6 Å². The fourth-order valence-electron chi connectivity index (χ4n) is 4.51. The lowest BCUT2D eigenvalue weighted by Gasteiger charge is -2.28. The zero-order valence-corrected chi connectivity index (χ0v) is 15.4. The molecule has 130 valence electrons. The second-order valence-electron chi connectivity index (χ2n) is 7.41. The number of aromatic nitrogens is 1. The summed E-state index contributed by atoms with van der Waals surface area (Å²) in [6.07, 6.45) is 2.27. The molecule has 1 aliphatic rings. The summed E-state index contributed by atoms with van der Waals surface area (Å²) in [4.78, 5) is 0. The van der Waals surface area contributed by atoms with Gasteiger partial charge in [0.2, 0.25) is 5.69 Å². The van der Waals surface area contributed by atoms with Crippen LogP contribution in [0.2, 0.25) is 0 Å². The minimum Gasteiger partial charge on any atom is -0.455 e. The Morgan fingerprint density at radius 3 is 2.73 bits per heavy atom. The summed E-state index contributed by atoms with van der Waals surface area (Å²) in [7, 11) is 2.03. The van der Waals surface area contributed by atoms with E-state index in [1.165, 1.54) is 33.2 Å². The standard InChI is InChI=1S/C23H23N2O/c1-14-8-11-20-22-17(19(12-24-3)15(2)25(20)13-14)9-10-18-16-6-4-5-7-21(16)26-23(18)22/h4-11,13,15,19,24H,12H2,1-3H3/q+1. The van der Waals surface area contributed by atoms with Crippen molar-refractivity contribution in [3.63, 3.8) is 0 Å². The van der Waals surface area contributed by atoms with E-state index in [0.717, 1.165) is 17.7 Å². The molecule has 0 fully saturated rings. The molecular weight excluding hydrogens is 320 g/mol. The van der Waals surface area contributed by atoms with Gasteiger partial charge < -0.3 is 9.73 Å². The van der Waals surface area contributed by atoms with Crippen LogP contribution in [-0.2, 0) is 0 Å². The van der Waals surface area contributed by atoms with E-state index in [9.17, 15) is 0 Å². The molecule has 1 aliphatic heterocycles. The van der Waals surface area contributed by atoms with E-state index in [4.69, 9.17) is 4.42 Å². The molecule has 3 heterocycles. The highest BCUT2D eigenvalue weighted by atomic mass is 16.3. The topological polar surface area (TPSA) is 29.1 Å². The molecule has 0 saturated heterocycles. The average molecular weight is 343 g/mol. The molecule has 5 rings (SSSR count). The first-order valence-corrected chi connectivity index (χ1v) is 9.30. The van der Waals surface area contributed by atoms with Crippen LogP contribution in [0.25, 0.3) is 33.2 Å². The van der Waals surface area contributed by atoms with Gasteiger partial charge in [0.05, 0.1) is 11.5 Å². The molecule has 3 heteroatoms. The smallest absolute Gasteiger partial charge is 0.216 e. The highest BCUT2D eigenvalue weighted by Gasteiger charge is 2.38. The molecule has 0 bridgehead atoms. The zero-order chi connectivity index (χ0) is 17.8. The third-order valence-corrected chi connectivity index (χ3v) is 5.80. The number of nitrogens with one attached hydrogen (secondary N) is 1. The van der Waals surface area contributed by atoms with Gasteiger partial charge in [0.25, 0.3) is 0 Å². The zero-order valence-electron chi connectivity index (χ0n) is 15.4. The Morgan fingerprint density at radius 2 is 1.88 bits per heavy atom. The summed E-state index contributed by atoms with van der Waals surface area (Å²) in [6.45, 7) is 5.42. The van der Waals surface area contributed by atoms with E-state index < -0.39 is 0 Å². The lowest BCUT2D eigenvalue weighted by molar-refractivity contribution is -0.714. The lowest BCUT2D eigenvalue weighted by atomic mass is 9.82. The Labute approximate surface area is 153 Å². The van der Waals surface area contributed by atoms with Crippen LogP contribution in [-0.4, -0.2) is 13.6 Å². The minimum absolute atomic E-state index is 0.395. The molecule has 2 atom stereocenters. The molecule has 0 saturated carbocycles. The van der Waals surface area contributed by atoms with Crippen LogP contribution in [0.3, 0.4) is 0 Å². The number of furan rings is 1. The van der Waals surface area contributed by atoms with E-state index in [1.807, 2.05) is 13.1 Å². The highest BCUT2D eigenvalue weighted by Crippen LogP contribution is 2.44. The average Bonchev–Trinajstić information content (AvgIpc) is 3.03. The maximum atomic E-state index is 6.37. The number of aryl methyl sites for hydroxylation is 1. The normalized spacial score (nSPS) is 18.9. The van der Waals surface area contributed by atoms with Crippen molar-refractivity contribution >= 4 is 21.9 Å². The van der Waals surface area contributed by atoms with Crippen molar-refractivity contribution in [1.82, 2.24) is 5.32 Å². The van der Waals surface area contributed by atoms with Crippen LogP contribution in [0, 0.1) is 6.92 Å². The van der Waals surface area contributed by atoms with Gasteiger partial charge in [-0.15, -0.1) is 0 Å². The van der Waals surface area contributed by atoms with Crippen molar-refractivity contribution in [2.45, 2.75) is 25.8 Å². The fourth-order valence-corrected chi connectivity index (χ4v) is 4.51. The number of hydrogen-bond acceptors (Lipinski definition) is 2. The second kappa shape index (κ2) is 5.68. The monoisotopic (exact) mass is 343 g/mol. The van der Waals surface area contributed by atoms with Crippen LogP contribution in [0.1, 0.15) is 30.0 Å². The summed E-state index contributed by atoms with van der Waals surface area (Å²) in [5.41, 5.74) is 7.12. The first-order valence-electron chi connectivity index (χ1n) is 9.30. The SMILES string of the molecule is CNCC1c2ccc3c(oc4ccccc43)c2-c2ccc(C)c[n+]2C1C.